The topological polar surface area (TPSA) is 100 Å². The summed E-state index contributed by atoms with van der Waals surface area (Å²) in [6.45, 7) is 54.5. The summed E-state index contributed by atoms with van der Waals surface area (Å²) in [5.74, 6) is 3.69. The number of pyridine rings is 1. The molecule has 0 spiro atoms. The van der Waals surface area contributed by atoms with Crippen LogP contribution >= 0.6 is 0 Å². The Bertz CT molecular complexity index is 2670. The van der Waals surface area contributed by atoms with Gasteiger partial charge in [-0.3, -0.25) is 24.8 Å². The van der Waals surface area contributed by atoms with E-state index in [9.17, 15) is 9.18 Å². The van der Waals surface area contributed by atoms with Crippen LogP contribution in [0.5, 0.6) is 0 Å². The molecule has 0 unspecified atom stereocenters. The summed E-state index contributed by atoms with van der Waals surface area (Å²) in [6.07, 6.45) is 23.4. The van der Waals surface area contributed by atoms with Gasteiger partial charge >= 0.3 is 0 Å². The van der Waals surface area contributed by atoms with Crippen LogP contribution in [0.25, 0.3) is 0 Å². The van der Waals surface area contributed by atoms with Crippen LogP contribution in [0.1, 0.15) is 115 Å². The van der Waals surface area contributed by atoms with Gasteiger partial charge in [-0.25, -0.2) is 4.39 Å². The molecule has 444 valence electrons. The fraction of sp³-hybridized carbons (Fsp3) is 0.448. The molecule has 0 aromatic carbocycles. The predicted molar refractivity (Wildman–Crippen MR) is 348 cm³/mol. The summed E-state index contributed by atoms with van der Waals surface area (Å²) in [5.41, 5.74) is 14.1. The average Bonchev–Trinajstić information content (AvgIpc) is 3.39. The van der Waals surface area contributed by atoms with E-state index < -0.39 is 0 Å². The molecule has 0 aliphatic carbocycles. The summed E-state index contributed by atoms with van der Waals surface area (Å²) in [4.78, 5) is 21.4. The third-order valence-electron chi connectivity index (χ3n) is 13.3. The van der Waals surface area contributed by atoms with Crippen molar-refractivity contribution in [1.82, 2.24) is 34.3 Å². The number of aromatic nitrogens is 1. The Labute approximate surface area is 489 Å². The molecule has 0 saturated carbocycles. The Morgan fingerprint density at radius 2 is 1.00 bits per heavy atom. The summed E-state index contributed by atoms with van der Waals surface area (Å²) in [6, 6.07) is 3.78. The van der Waals surface area contributed by atoms with Crippen molar-refractivity contribution in [2.24, 2.45) is 62.9 Å². The normalized spacial score (nSPS) is 16.8. The number of halogens is 1. The first kappa shape index (κ1) is 71.5. The van der Waals surface area contributed by atoms with Crippen LogP contribution in [0.3, 0.4) is 0 Å². The molecule has 6 aliphatic rings. The van der Waals surface area contributed by atoms with Gasteiger partial charge in [0.1, 0.15) is 11.6 Å². The van der Waals surface area contributed by atoms with Crippen LogP contribution in [0.4, 0.5) is 4.39 Å². The van der Waals surface area contributed by atoms with Gasteiger partial charge in [0.15, 0.2) is 0 Å². The number of allylic oxidation sites excluding steroid dienone is 13. The molecular weight excluding hydrogens is 1010 g/mol. The van der Waals surface area contributed by atoms with Gasteiger partial charge in [0.25, 0.3) is 5.56 Å². The van der Waals surface area contributed by atoms with Crippen LogP contribution < -0.4 is 5.56 Å². The smallest absolute Gasteiger partial charge is 0.253 e. The Morgan fingerprint density at radius 1 is 0.506 bits per heavy atom. The lowest BCUT2D eigenvalue weighted by molar-refractivity contribution is 0.269. The maximum atomic E-state index is 13.1. The Hall–Kier alpha value is -7.48. The number of hydrogen-bond donors (Lipinski definition) is 0. The first-order chi connectivity index (χ1) is 37.6. The van der Waals surface area contributed by atoms with Crippen molar-refractivity contribution in [2.75, 3.05) is 49.4 Å². The third-order valence-corrected chi connectivity index (χ3v) is 13.3. The van der Waals surface area contributed by atoms with Gasteiger partial charge in [-0.05, 0) is 102 Å². The zero-order chi connectivity index (χ0) is 62.3. The van der Waals surface area contributed by atoms with Crippen molar-refractivity contribution in [3.63, 3.8) is 0 Å². The fourth-order valence-electron chi connectivity index (χ4n) is 7.04. The van der Waals surface area contributed by atoms with E-state index in [0.717, 1.165) is 68.2 Å². The van der Waals surface area contributed by atoms with Gasteiger partial charge in [-0.15, -0.1) is 0 Å². The van der Waals surface area contributed by atoms with Crippen molar-refractivity contribution in [2.45, 2.75) is 110 Å². The largest absolute Gasteiger partial charge is 0.494 e. The second kappa shape index (κ2) is 34.0. The van der Waals surface area contributed by atoms with Gasteiger partial charge in [-0.2, -0.15) is 15.3 Å². The number of hydrazone groups is 3. The predicted octanol–water partition coefficient (Wildman–Crippen LogP) is 15.3. The first-order valence-electron chi connectivity index (χ1n) is 27.9. The Balaban J connectivity index is 0.000000473. The van der Waals surface area contributed by atoms with E-state index in [4.69, 9.17) is 4.74 Å². The highest BCUT2D eigenvalue weighted by atomic mass is 19.1. The second-order valence-corrected chi connectivity index (χ2v) is 22.5. The molecule has 6 aliphatic heterocycles. The molecular formula is C67H102FN11O2. The highest BCUT2D eigenvalue weighted by molar-refractivity contribution is 5.98. The van der Waals surface area contributed by atoms with Crippen molar-refractivity contribution >= 4 is 23.3 Å². The van der Waals surface area contributed by atoms with Crippen LogP contribution in [0, 0.1) is 35.5 Å². The molecule has 7 heterocycles. The highest BCUT2D eigenvalue weighted by Crippen LogP contribution is 2.26. The van der Waals surface area contributed by atoms with E-state index in [-0.39, 0.29) is 11.4 Å². The summed E-state index contributed by atoms with van der Waals surface area (Å²) >= 11 is 0. The maximum Gasteiger partial charge on any atom is 0.253 e. The molecule has 81 heavy (non-hydrogen) atoms. The summed E-state index contributed by atoms with van der Waals surface area (Å²) in [7, 11) is 14.9. The standard InChI is InChI=1S/C10H14FN.C10H16N2O.C10H16N2.C10H15N.2C9H14N2.C9H13NO/c1-7(2)9-5-10(11)8(3)12(4)6-9;1-7(2)9-6-10(13-5)8(3)12(4)11-9;1-7(2)10-6-8(3)9(4)12(5)11-10;1-8(2)10-6-5-9(3)11(4)7-10;1-7(2)9-6-11(4)8(3)5-10-9;1-7(2)9-6-5-8(3)11(4)10-9;1-7(2)8-5-4-6-10(3)9(8)11/h5-7H,3H2,1-2,4H3;6-7H,3H2,1-2,4-5H3;6-7H,4H2,1-3,5H3;5-8H,3H2,1-2,4H3;2*5-7H,3H2,1-2,4H3;4-7H,1-3H3. The van der Waals surface area contributed by atoms with E-state index in [2.05, 4.69) is 165 Å². The summed E-state index contributed by atoms with van der Waals surface area (Å²) in [5, 5.41) is 18.5. The van der Waals surface area contributed by atoms with Crippen molar-refractivity contribution in [3.8, 4) is 0 Å². The Morgan fingerprint density at radius 3 is 1.43 bits per heavy atom. The highest BCUT2D eigenvalue weighted by Gasteiger charge is 2.18. The van der Waals surface area contributed by atoms with Crippen LogP contribution in [-0.4, -0.2) is 107 Å². The Kier molecular flexibility index (Phi) is 30.0. The molecule has 0 amide bonds. The van der Waals surface area contributed by atoms with Crippen molar-refractivity contribution in [3.05, 3.63) is 203 Å². The van der Waals surface area contributed by atoms with Gasteiger partial charge in [0.05, 0.1) is 64.6 Å². The number of likely N-dealkylation sites (N-methyl/N-ethyl adjacent to an activating group) is 5. The van der Waals surface area contributed by atoms with E-state index in [1.165, 1.54) is 11.1 Å². The second-order valence-electron chi connectivity index (χ2n) is 22.5. The monoisotopic (exact) mass is 1110 g/mol. The van der Waals surface area contributed by atoms with E-state index >= 15 is 0 Å². The number of aryl methyl sites for hydroxylation is 1. The van der Waals surface area contributed by atoms with E-state index in [1.807, 2.05) is 116 Å². The first-order valence-corrected chi connectivity index (χ1v) is 27.9. The lowest BCUT2D eigenvalue weighted by atomic mass is 10.0. The molecule has 14 heteroatoms. The molecule has 1 aromatic heterocycles. The average molecular weight is 1110 g/mol. The van der Waals surface area contributed by atoms with Crippen LogP contribution in [0.15, 0.2) is 212 Å². The minimum absolute atomic E-state index is 0.113. The molecule has 0 N–H and O–H groups in total. The van der Waals surface area contributed by atoms with Crippen LogP contribution in [0.2, 0.25) is 0 Å². The lowest BCUT2D eigenvalue weighted by Gasteiger charge is -2.24. The summed E-state index contributed by atoms with van der Waals surface area (Å²) < 4.78 is 19.9. The van der Waals surface area contributed by atoms with E-state index in [1.54, 1.807) is 59.2 Å². The number of rotatable bonds is 8. The minimum atomic E-state index is -0.233. The number of methoxy groups -OCH3 is 1. The maximum absolute atomic E-state index is 13.1. The minimum Gasteiger partial charge on any atom is -0.494 e. The van der Waals surface area contributed by atoms with Crippen LogP contribution in [-0.2, 0) is 11.8 Å². The quantitative estimate of drug-likeness (QED) is 0.254. The van der Waals surface area contributed by atoms with Gasteiger partial charge in [0, 0.05) is 91.5 Å². The number of nitrogens with zero attached hydrogens (tertiary/aromatic N) is 11. The molecule has 0 atom stereocenters. The lowest BCUT2D eigenvalue weighted by Crippen LogP contribution is -2.22. The molecule has 0 saturated heterocycles. The fourth-order valence-corrected chi connectivity index (χ4v) is 7.04. The van der Waals surface area contributed by atoms with Crippen molar-refractivity contribution in [1.29, 1.82) is 0 Å². The van der Waals surface area contributed by atoms with Gasteiger partial charge in [0.2, 0.25) is 0 Å². The molecule has 1 aromatic rings. The van der Waals surface area contributed by atoms with Crippen molar-refractivity contribution < 1.29 is 9.13 Å². The zero-order valence-electron chi connectivity index (χ0n) is 54.0. The zero-order valence-corrected chi connectivity index (χ0v) is 54.0. The number of aliphatic imine (C=N–C) groups is 1. The number of hydrogen-bond acceptors (Lipinski definition) is 12. The molecule has 0 radical (unpaired) electrons. The van der Waals surface area contributed by atoms with Gasteiger partial charge in [-0.1, -0.05) is 149 Å². The number of ether oxygens (including phenoxy) is 1. The molecule has 0 fully saturated rings. The SMILES string of the molecule is C=C1C(C)=CC(C(C)C)=NN1C.C=C1C(F)=CC(C(C)C)=CN1C.C=C1C(OC)=CC(C(C)C)=NN1C.C=C1C=CC(C(C)C)=CN1C.C=C1C=CC(C(C)C)=NN1C.C=C1C=NC(C(C)C)=CN1C.CC(C)c1cccn(C)c1=O. The molecule has 0 bridgehead atoms. The van der Waals surface area contributed by atoms with E-state index in [0.29, 0.717) is 47.1 Å². The molecule has 7 rings (SSSR count). The molecule has 13 nitrogen and oxygen atoms in total. The van der Waals surface area contributed by atoms with Gasteiger partial charge < -0.3 is 24.0 Å². The third kappa shape index (κ3) is 23.6.